The highest BCUT2D eigenvalue weighted by Crippen LogP contribution is 2.43. The zero-order valence-corrected chi connectivity index (χ0v) is 65.3. The van der Waals surface area contributed by atoms with Gasteiger partial charge in [-0.05, 0) is 203 Å². The van der Waals surface area contributed by atoms with Gasteiger partial charge in [-0.2, -0.15) is 0 Å². The van der Waals surface area contributed by atoms with Crippen LogP contribution in [0.1, 0.15) is 140 Å². The van der Waals surface area contributed by atoms with Crippen molar-refractivity contribution >= 4 is 99.8 Å². The molecule has 0 aliphatic carbocycles. The van der Waals surface area contributed by atoms with Gasteiger partial charge in [-0.1, -0.05) is 168 Å². The molecule has 0 spiro atoms. The molecule has 108 heavy (non-hydrogen) atoms. The van der Waals surface area contributed by atoms with E-state index in [0.29, 0.717) is 70.6 Å². The second kappa shape index (κ2) is 39.8. The molecule has 3 aliphatic heterocycles. The van der Waals surface area contributed by atoms with Crippen molar-refractivity contribution in [3.8, 4) is 40.2 Å². The lowest BCUT2D eigenvalue weighted by Gasteiger charge is -2.37. The lowest BCUT2D eigenvalue weighted by molar-refractivity contribution is -0.134. The van der Waals surface area contributed by atoms with Crippen LogP contribution in [-0.4, -0.2) is 117 Å². The molecule has 4 amide bonds. The van der Waals surface area contributed by atoms with Gasteiger partial charge >= 0.3 is 6.09 Å². The van der Waals surface area contributed by atoms with Crippen LogP contribution in [0.3, 0.4) is 0 Å². The number of unbranched alkanes of at least 4 members (excludes halogenated alkanes) is 2. The highest BCUT2D eigenvalue weighted by atomic mass is 32.1. The predicted octanol–water partition coefficient (Wildman–Crippen LogP) is 20.3. The van der Waals surface area contributed by atoms with Crippen LogP contribution < -0.4 is 43.0 Å². The lowest BCUT2D eigenvalue weighted by Crippen LogP contribution is -2.57. The number of carbonyl (C=O) groups excluding carboxylic acids is 4. The van der Waals surface area contributed by atoms with Crippen molar-refractivity contribution in [1.29, 1.82) is 0 Å². The number of hydrogen-bond acceptors (Lipinski definition) is 15. The Morgan fingerprint density at radius 2 is 0.898 bits per heavy atom. The van der Waals surface area contributed by atoms with Gasteiger partial charge in [0.2, 0.25) is 11.5 Å². The fourth-order valence-corrected chi connectivity index (χ4v) is 12.5. The van der Waals surface area contributed by atoms with Crippen LogP contribution in [0.15, 0.2) is 205 Å². The summed E-state index contributed by atoms with van der Waals surface area (Å²) >= 11 is 5.57. The smallest absolute Gasteiger partial charge is 0.422 e. The van der Waals surface area contributed by atoms with Crippen molar-refractivity contribution in [3.63, 3.8) is 0 Å². The second-order valence-corrected chi connectivity index (χ2v) is 26.5. The highest BCUT2D eigenvalue weighted by Gasteiger charge is 2.42. The lowest BCUT2D eigenvalue weighted by atomic mass is 9.99. The Hall–Kier alpha value is -11.4. The van der Waals surface area contributed by atoms with E-state index in [1.165, 1.54) is 0 Å². The first kappa shape index (κ1) is 80.7. The van der Waals surface area contributed by atoms with Gasteiger partial charge in [-0.3, -0.25) is 24.2 Å². The SMILES string of the molecule is CCC(C)Oc1c(OC)cc(C=Cc2ccc(C=Cc3cc(OC)c(OC(C)CC)c(OC)c3)cc2)cc1OC.CCCCN1C(=O)C(=C2C=C(C)c3ccc(N(CC)CC)cc3O2)C(=O)N(CCCC)C1=S.O=C1O/C(=C/c2ccc(N(c3ccccc3)c3ccccc3)cc2)C(=O)N1CCc1ccccc1. The highest BCUT2D eigenvalue weighted by molar-refractivity contribution is 7.80. The quantitative estimate of drug-likeness (QED) is 0.0181. The largest absolute Gasteiger partial charge is 0.493 e. The standard InChI is InChI=1S/C34H42O6.C30H24N2O3.C26H35N3O3S/c1-9-23(3)39-33-29(35-5)19-27(20-30(33)36-6)17-15-25-11-13-26(14-12-25)16-18-28-21-31(37-7)34(32(22-28)38-8)40-24(4)10-2;33-29-28(35-30(34)31(29)21-20-23-10-4-1-5-11-23)22-24-16-18-27(19-17-24)32(25-12-6-2-7-13-25)26-14-8-3-9-15-26;1-6-10-14-28-24(30)23(25(31)29(26(28)33)15-11-7-2)22-16-18(5)20-13-12-19(17-21(20)32-22)27(8-3)9-4/h11-24H,9-10H2,1-8H3;1-19,22H,20-21H2;12-13,16-17H,6-11,14-15H2,1-5H3/b;28-22+;. The van der Waals surface area contributed by atoms with Crippen molar-refractivity contribution in [2.45, 2.75) is 119 Å². The number of fused-ring (bicyclic) bond motifs is 1. The predicted molar refractivity (Wildman–Crippen MR) is 439 cm³/mol. The van der Waals surface area contributed by atoms with Crippen molar-refractivity contribution in [1.82, 2.24) is 14.7 Å². The average Bonchev–Trinajstić information content (AvgIpc) is 0.914. The van der Waals surface area contributed by atoms with Crippen molar-refractivity contribution in [2.24, 2.45) is 0 Å². The molecule has 11 rings (SSSR count). The van der Waals surface area contributed by atoms with E-state index in [0.717, 1.165) is 124 Å². The van der Waals surface area contributed by atoms with Crippen molar-refractivity contribution in [3.05, 3.63) is 244 Å². The van der Waals surface area contributed by atoms with E-state index >= 15 is 0 Å². The van der Waals surface area contributed by atoms with E-state index in [4.69, 9.17) is 50.1 Å². The Morgan fingerprint density at radius 1 is 0.472 bits per heavy atom. The van der Waals surface area contributed by atoms with Gasteiger partial charge in [-0.15, -0.1) is 0 Å². The summed E-state index contributed by atoms with van der Waals surface area (Å²) in [4.78, 5) is 60.7. The number of rotatable bonds is 30. The molecule has 0 bridgehead atoms. The maximum Gasteiger partial charge on any atom is 0.422 e. The number of thiocarbonyl (C=S) groups is 1. The average molecular weight is 1480 g/mol. The zero-order valence-electron chi connectivity index (χ0n) is 64.5. The van der Waals surface area contributed by atoms with Crippen LogP contribution in [0, 0.1) is 0 Å². The number of methoxy groups -OCH3 is 4. The first-order valence-electron chi connectivity index (χ1n) is 37.2. The fraction of sp³-hybridized carbons (Fsp3) is 0.300. The molecule has 8 aromatic rings. The van der Waals surface area contributed by atoms with Crippen LogP contribution in [0.2, 0.25) is 0 Å². The molecule has 0 aromatic heterocycles. The van der Waals surface area contributed by atoms with Crippen LogP contribution in [0.4, 0.5) is 27.5 Å². The monoisotopic (exact) mass is 1480 g/mol. The number of imide groups is 1. The molecule has 2 fully saturated rings. The van der Waals surface area contributed by atoms with E-state index in [2.05, 4.69) is 118 Å². The van der Waals surface area contributed by atoms with Gasteiger partial charge in [-0.25, -0.2) is 9.69 Å². The zero-order chi connectivity index (χ0) is 77.2. The minimum absolute atomic E-state index is 0.0405. The maximum absolute atomic E-state index is 13.5. The molecule has 18 heteroatoms. The molecule has 0 saturated carbocycles. The third-order valence-electron chi connectivity index (χ3n) is 18.6. The molecule has 2 unspecified atom stereocenters. The summed E-state index contributed by atoms with van der Waals surface area (Å²) in [5.74, 6) is 3.69. The number of ether oxygens (including phenoxy) is 8. The molecule has 2 saturated heterocycles. The number of allylic oxidation sites excluding steroid dienone is 2. The number of cyclic esters (lactones) is 1. The molecule has 0 N–H and O–H groups in total. The van der Waals surface area contributed by atoms with E-state index in [1.807, 2.05) is 160 Å². The first-order valence-corrected chi connectivity index (χ1v) is 37.6. The Kier molecular flexibility index (Phi) is 29.8. The minimum atomic E-state index is -0.631. The normalized spacial score (nSPS) is 14.3. The summed E-state index contributed by atoms with van der Waals surface area (Å²) in [6.45, 7) is 21.6. The Labute approximate surface area is 642 Å². The van der Waals surface area contributed by atoms with Gasteiger partial charge in [0.1, 0.15) is 17.1 Å². The number of anilines is 4. The summed E-state index contributed by atoms with van der Waals surface area (Å²) in [6, 6.07) is 60.0. The van der Waals surface area contributed by atoms with Gasteiger partial charge in [0.05, 0.1) is 40.6 Å². The van der Waals surface area contributed by atoms with Gasteiger partial charge in [0.15, 0.2) is 33.9 Å². The number of carbonyl (C=O) groups is 4. The van der Waals surface area contributed by atoms with Crippen LogP contribution in [-0.2, 0) is 25.5 Å². The third kappa shape index (κ3) is 20.6. The molecule has 2 atom stereocenters. The summed E-state index contributed by atoms with van der Waals surface area (Å²) in [5, 5.41) is 0.303. The Morgan fingerprint density at radius 3 is 1.33 bits per heavy atom. The number of benzene rings is 8. The third-order valence-corrected chi connectivity index (χ3v) is 19.1. The second-order valence-electron chi connectivity index (χ2n) is 26.1. The van der Waals surface area contributed by atoms with Crippen molar-refractivity contribution in [2.75, 3.05) is 71.0 Å². The van der Waals surface area contributed by atoms with E-state index in [9.17, 15) is 19.2 Å². The van der Waals surface area contributed by atoms with E-state index in [-0.39, 0.29) is 41.9 Å². The number of hydrogen-bond donors (Lipinski definition) is 0. The summed E-state index contributed by atoms with van der Waals surface area (Å²) in [6.07, 6.45) is 16.9. The van der Waals surface area contributed by atoms with E-state index < -0.39 is 12.0 Å². The van der Waals surface area contributed by atoms with Gasteiger partial charge in [0, 0.05) is 67.1 Å². The molecule has 17 nitrogen and oxygen atoms in total. The van der Waals surface area contributed by atoms with E-state index in [1.54, 1.807) is 50.4 Å². The van der Waals surface area contributed by atoms with Crippen molar-refractivity contribution < 1.29 is 57.1 Å². The molecule has 3 heterocycles. The molecular weight excluding hydrogens is 1380 g/mol. The fourth-order valence-electron chi connectivity index (χ4n) is 12.1. The maximum atomic E-state index is 13.5. The van der Waals surface area contributed by atoms with Gasteiger partial charge < -0.3 is 47.7 Å². The summed E-state index contributed by atoms with van der Waals surface area (Å²) < 4.78 is 46.0. The molecule has 0 radical (unpaired) electrons. The number of amides is 4. The topological polar surface area (TPSA) is 158 Å². The molecular formula is C90H101N5O12S. The van der Waals surface area contributed by atoms with Gasteiger partial charge in [0.25, 0.3) is 17.7 Å². The Bertz CT molecular complexity index is 4310. The van der Waals surface area contributed by atoms with Crippen LogP contribution >= 0.6 is 12.2 Å². The first-order chi connectivity index (χ1) is 52.4. The summed E-state index contributed by atoms with van der Waals surface area (Å²) in [7, 11) is 6.55. The number of para-hydroxylation sites is 2. The number of nitrogens with zero attached hydrogens (tertiary/aromatic N) is 5. The molecule has 564 valence electrons. The minimum Gasteiger partial charge on any atom is -0.493 e. The molecule has 3 aliphatic rings. The van der Waals surface area contributed by atoms with Crippen LogP contribution in [0.5, 0.6) is 40.2 Å². The summed E-state index contributed by atoms with van der Waals surface area (Å²) in [5.41, 5.74) is 12.0. The molecule has 8 aromatic carbocycles. The Balaban J connectivity index is 0.000000188. The van der Waals surface area contributed by atoms with Crippen LogP contribution in [0.25, 0.3) is 36.0 Å².